The molecule has 1 aromatic rings. The molecule has 4 nitrogen and oxygen atoms in total. The van der Waals surface area contributed by atoms with E-state index in [1.54, 1.807) is 18.2 Å². The molecule has 0 fully saturated rings. The molecule has 0 saturated heterocycles. The SMILES string of the molecule is CCCCCCCC(=O)Nc1cccc(C(=O)NCCCC)c1. The molecule has 0 bridgehead atoms. The lowest BCUT2D eigenvalue weighted by molar-refractivity contribution is -0.116. The maximum atomic E-state index is 12.0. The number of amides is 2. The van der Waals surface area contributed by atoms with Crippen LogP contribution in [-0.4, -0.2) is 18.4 Å². The zero-order valence-electron chi connectivity index (χ0n) is 14.5. The first-order valence-corrected chi connectivity index (χ1v) is 8.85. The molecular weight excluding hydrogens is 288 g/mol. The summed E-state index contributed by atoms with van der Waals surface area (Å²) < 4.78 is 0. The van der Waals surface area contributed by atoms with E-state index in [1.165, 1.54) is 19.3 Å². The van der Waals surface area contributed by atoms with Crippen molar-refractivity contribution in [2.45, 2.75) is 65.2 Å². The van der Waals surface area contributed by atoms with Crippen molar-refractivity contribution in [3.05, 3.63) is 29.8 Å². The van der Waals surface area contributed by atoms with Crippen LogP contribution in [-0.2, 0) is 4.79 Å². The predicted octanol–water partition coefficient (Wildman–Crippen LogP) is 4.52. The summed E-state index contributed by atoms with van der Waals surface area (Å²) in [6, 6.07) is 7.11. The zero-order chi connectivity index (χ0) is 16.9. The predicted molar refractivity (Wildman–Crippen MR) is 95.7 cm³/mol. The molecular formula is C19H30N2O2. The third-order valence-corrected chi connectivity index (χ3v) is 3.73. The average molecular weight is 318 g/mol. The molecule has 2 amide bonds. The van der Waals surface area contributed by atoms with Gasteiger partial charge in [0.25, 0.3) is 5.91 Å². The molecule has 0 radical (unpaired) electrons. The fourth-order valence-electron chi connectivity index (χ4n) is 2.33. The maximum absolute atomic E-state index is 12.0. The van der Waals surface area contributed by atoms with Gasteiger partial charge >= 0.3 is 0 Å². The fourth-order valence-corrected chi connectivity index (χ4v) is 2.33. The number of nitrogens with one attached hydrogen (secondary N) is 2. The van der Waals surface area contributed by atoms with Gasteiger partial charge in [0.15, 0.2) is 0 Å². The van der Waals surface area contributed by atoms with Crippen molar-refractivity contribution in [2.75, 3.05) is 11.9 Å². The minimum Gasteiger partial charge on any atom is -0.352 e. The summed E-state index contributed by atoms with van der Waals surface area (Å²) in [4.78, 5) is 23.9. The van der Waals surface area contributed by atoms with Gasteiger partial charge < -0.3 is 10.6 Å². The van der Waals surface area contributed by atoms with Crippen LogP contribution < -0.4 is 10.6 Å². The van der Waals surface area contributed by atoms with Crippen molar-refractivity contribution in [3.63, 3.8) is 0 Å². The minimum absolute atomic E-state index is 0.0186. The van der Waals surface area contributed by atoms with Gasteiger partial charge in [0.1, 0.15) is 0 Å². The first-order chi connectivity index (χ1) is 11.2. The lowest BCUT2D eigenvalue weighted by Crippen LogP contribution is -2.24. The van der Waals surface area contributed by atoms with Crippen molar-refractivity contribution >= 4 is 17.5 Å². The molecule has 0 aromatic heterocycles. The first-order valence-electron chi connectivity index (χ1n) is 8.85. The molecule has 0 saturated carbocycles. The highest BCUT2D eigenvalue weighted by molar-refractivity contribution is 5.97. The van der Waals surface area contributed by atoms with E-state index in [-0.39, 0.29) is 11.8 Å². The molecule has 0 unspecified atom stereocenters. The lowest BCUT2D eigenvalue weighted by atomic mass is 10.1. The minimum atomic E-state index is -0.0888. The van der Waals surface area contributed by atoms with Crippen molar-refractivity contribution in [1.29, 1.82) is 0 Å². The monoisotopic (exact) mass is 318 g/mol. The van der Waals surface area contributed by atoms with E-state index in [0.29, 0.717) is 24.2 Å². The van der Waals surface area contributed by atoms with E-state index >= 15 is 0 Å². The van der Waals surface area contributed by atoms with Crippen LogP contribution in [0.1, 0.15) is 75.6 Å². The van der Waals surface area contributed by atoms with Gasteiger partial charge in [-0.15, -0.1) is 0 Å². The van der Waals surface area contributed by atoms with Crippen molar-refractivity contribution in [2.24, 2.45) is 0 Å². The number of hydrogen-bond acceptors (Lipinski definition) is 2. The average Bonchev–Trinajstić information content (AvgIpc) is 2.55. The number of unbranched alkanes of at least 4 members (excludes halogenated alkanes) is 5. The van der Waals surface area contributed by atoms with Gasteiger partial charge in [-0.1, -0.05) is 52.0 Å². The van der Waals surface area contributed by atoms with Crippen molar-refractivity contribution in [3.8, 4) is 0 Å². The van der Waals surface area contributed by atoms with Crippen LogP contribution in [0.2, 0.25) is 0 Å². The van der Waals surface area contributed by atoms with Crippen LogP contribution in [0, 0.1) is 0 Å². The second-order valence-electron chi connectivity index (χ2n) is 5.90. The van der Waals surface area contributed by atoms with E-state index in [9.17, 15) is 9.59 Å². The molecule has 0 spiro atoms. The summed E-state index contributed by atoms with van der Waals surface area (Å²) in [7, 11) is 0. The third-order valence-electron chi connectivity index (χ3n) is 3.73. The molecule has 23 heavy (non-hydrogen) atoms. The summed E-state index contributed by atoms with van der Waals surface area (Å²) in [5, 5.41) is 5.76. The number of hydrogen-bond donors (Lipinski definition) is 2. The number of rotatable bonds is 11. The van der Waals surface area contributed by atoms with Crippen LogP contribution in [0.5, 0.6) is 0 Å². The van der Waals surface area contributed by atoms with Crippen LogP contribution in [0.3, 0.4) is 0 Å². The Kier molecular flexibility index (Phi) is 9.76. The Morgan fingerprint density at radius 3 is 2.43 bits per heavy atom. The van der Waals surface area contributed by atoms with E-state index < -0.39 is 0 Å². The highest BCUT2D eigenvalue weighted by atomic mass is 16.2. The Morgan fingerprint density at radius 1 is 0.957 bits per heavy atom. The normalized spacial score (nSPS) is 10.3. The Morgan fingerprint density at radius 2 is 1.70 bits per heavy atom. The largest absolute Gasteiger partial charge is 0.352 e. The Bertz CT molecular complexity index is 486. The number of benzene rings is 1. The van der Waals surface area contributed by atoms with Crippen LogP contribution >= 0.6 is 0 Å². The van der Waals surface area contributed by atoms with Gasteiger partial charge in [-0.25, -0.2) is 0 Å². The summed E-state index contributed by atoms with van der Waals surface area (Å²) in [5.74, 6) is -0.0702. The number of anilines is 1. The van der Waals surface area contributed by atoms with Crippen LogP contribution in [0.25, 0.3) is 0 Å². The smallest absolute Gasteiger partial charge is 0.251 e. The van der Waals surface area contributed by atoms with Crippen molar-refractivity contribution < 1.29 is 9.59 Å². The fraction of sp³-hybridized carbons (Fsp3) is 0.579. The summed E-state index contributed by atoms with van der Waals surface area (Å²) in [5.41, 5.74) is 1.27. The van der Waals surface area contributed by atoms with E-state index in [4.69, 9.17) is 0 Å². The second-order valence-corrected chi connectivity index (χ2v) is 5.90. The molecule has 2 N–H and O–H groups in total. The maximum Gasteiger partial charge on any atom is 0.251 e. The van der Waals surface area contributed by atoms with Gasteiger partial charge in [0.2, 0.25) is 5.91 Å². The molecule has 128 valence electrons. The van der Waals surface area contributed by atoms with E-state index in [1.807, 2.05) is 6.07 Å². The van der Waals surface area contributed by atoms with E-state index in [0.717, 1.165) is 25.7 Å². The van der Waals surface area contributed by atoms with Gasteiger partial charge in [-0.05, 0) is 31.0 Å². The van der Waals surface area contributed by atoms with Crippen molar-refractivity contribution in [1.82, 2.24) is 5.32 Å². The molecule has 0 heterocycles. The topological polar surface area (TPSA) is 58.2 Å². The van der Waals surface area contributed by atoms with Gasteiger partial charge in [-0.3, -0.25) is 9.59 Å². The molecule has 0 atom stereocenters. The van der Waals surface area contributed by atoms with Gasteiger partial charge in [-0.2, -0.15) is 0 Å². The zero-order valence-corrected chi connectivity index (χ0v) is 14.5. The third kappa shape index (κ3) is 8.38. The molecule has 0 aliphatic rings. The first kappa shape index (κ1) is 19.2. The molecule has 1 aromatic carbocycles. The summed E-state index contributed by atoms with van der Waals surface area (Å²) >= 11 is 0. The number of carbonyl (C=O) groups is 2. The molecule has 4 heteroatoms. The van der Waals surface area contributed by atoms with Crippen LogP contribution in [0.15, 0.2) is 24.3 Å². The van der Waals surface area contributed by atoms with Gasteiger partial charge in [0.05, 0.1) is 0 Å². The molecule has 1 rings (SSSR count). The van der Waals surface area contributed by atoms with E-state index in [2.05, 4.69) is 24.5 Å². The van der Waals surface area contributed by atoms with Gasteiger partial charge in [0, 0.05) is 24.2 Å². The lowest BCUT2D eigenvalue weighted by Gasteiger charge is -2.08. The second kappa shape index (κ2) is 11.7. The summed E-state index contributed by atoms with van der Waals surface area (Å²) in [6.45, 7) is 4.95. The highest BCUT2D eigenvalue weighted by Gasteiger charge is 2.07. The summed E-state index contributed by atoms with van der Waals surface area (Å²) in [6.07, 6.45) is 8.21. The standard InChI is InChI=1S/C19H30N2O2/c1-3-5-7-8-9-13-18(22)21-17-12-10-11-16(15-17)19(23)20-14-6-4-2/h10-12,15H,3-9,13-14H2,1-2H3,(H,20,23)(H,21,22). The Labute approximate surface area is 140 Å². The Balaban J connectivity index is 2.40. The quantitative estimate of drug-likeness (QED) is 0.590. The molecule has 0 aliphatic carbocycles. The Hall–Kier alpha value is -1.84. The molecule has 0 aliphatic heterocycles. The highest BCUT2D eigenvalue weighted by Crippen LogP contribution is 2.12. The van der Waals surface area contributed by atoms with Crippen LogP contribution in [0.4, 0.5) is 5.69 Å². The number of carbonyl (C=O) groups excluding carboxylic acids is 2.